The number of unbranched alkanes of at least 4 members (excludes halogenated alkanes) is 1. The van der Waals surface area contributed by atoms with Gasteiger partial charge in [-0.25, -0.2) is 4.83 Å². The van der Waals surface area contributed by atoms with Gasteiger partial charge in [-0.15, -0.1) is 0 Å². The second-order valence-corrected chi connectivity index (χ2v) is 7.68. The highest BCUT2D eigenvalue weighted by molar-refractivity contribution is 7.89. The number of nitrogens with one attached hydrogen (secondary N) is 1. The minimum atomic E-state index is -3.81. The van der Waals surface area contributed by atoms with E-state index < -0.39 is 10.0 Å². The first-order chi connectivity index (χ1) is 11.9. The Morgan fingerprint density at radius 3 is 2.48 bits per heavy atom. The monoisotopic (exact) mass is 400 g/mol. The first-order valence-corrected chi connectivity index (χ1v) is 9.89. The number of halogens is 2. The standard InChI is InChI=1S/C17H18Cl2N2O3S/c1-2-3-10-24-14-6-4-13(5-7-14)12-20-21-25(22,23)15-8-9-16(18)17(19)11-15/h4-9,11-12,21H,2-3,10H2,1H3/b20-12+. The van der Waals surface area contributed by atoms with E-state index in [1.807, 2.05) is 12.1 Å². The molecule has 0 fully saturated rings. The topological polar surface area (TPSA) is 67.8 Å². The van der Waals surface area contributed by atoms with Crippen molar-refractivity contribution in [2.45, 2.75) is 24.7 Å². The van der Waals surface area contributed by atoms with E-state index >= 15 is 0 Å². The van der Waals surface area contributed by atoms with Gasteiger partial charge in [-0.2, -0.15) is 13.5 Å². The normalized spacial score (nSPS) is 11.6. The fraction of sp³-hybridized carbons (Fsp3) is 0.235. The Labute approximate surface area is 157 Å². The molecule has 5 nitrogen and oxygen atoms in total. The van der Waals surface area contributed by atoms with Gasteiger partial charge in [0.15, 0.2) is 0 Å². The molecule has 0 heterocycles. The number of ether oxygens (including phenoxy) is 1. The molecule has 1 N–H and O–H groups in total. The predicted molar refractivity (Wildman–Crippen MR) is 101 cm³/mol. The van der Waals surface area contributed by atoms with Crippen LogP contribution in [0.5, 0.6) is 5.75 Å². The number of rotatable bonds is 8. The summed E-state index contributed by atoms with van der Waals surface area (Å²) in [5, 5.41) is 4.21. The minimum Gasteiger partial charge on any atom is -0.494 e. The van der Waals surface area contributed by atoms with Crippen LogP contribution >= 0.6 is 23.2 Å². The molecule has 0 amide bonds. The summed E-state index contributed by atoms with van der Waals surface area (Å²) in [6.45, 7) is 2.77. The fourth-order valence-electron chi connectivity index (χ4n) is 1.85. The lowest BCUT2D eigenvalue weighted by Gasteiger charge is -2.05. The summed E-state index contributed by atoms with van der Waals surface area (Å²) in [7, 11) is -3.81. The zero-order valence-electron chi connectivity index (χ0n) is 13.6. The average Bonchev–Trinajstić information content (AvgIpc) is 2.59. The second kappa shape index (κ2) is 9.08. The number of benzene rings is 2. The number of nitrogens with zero attached hydrogens (tertiary/aromatic N) is 1. The first kappa shape index (κ1) is 19.6. The Kier molecular flexibility index (Phi) is 7.11. The van der Waals surface area contributed by atoms with Gasteiger partial charge in [-0.05, 0) is 54.4 Å². The molecule has 8 heteroatoms. The molecule has 0 atom stereocenters. The molecular formula is C17H18Cl2N2O3S. The van der Waals surface area contributed by atoms with Gasteiger partial charge in [-0.3, -0.25) is 0 Å². The van der Waals surface area contributed by atoms with E-state index in [2.05, 4.69) is 16.9 Å². The Morgan fingerprint density at radius 1 is 1.12 bits per heavy atom. The maximum absolute atomic E-state index is 12.1. The average molecular weight is 401 g/mol. The minimum absolute atomic E-state index is 0.0151. The highest BCUT2D eigenvalue weighted by atomic mass is 35.5. The molecule has 0 spiro atoms. The molecular weight excluding hydrogens is 383 g/mol. The Morgan fingerprint density at radius 2 is 1.84 bits per heavy atom. The van der Waals surface area contributed by atoms with Crippen LogP contribution in [0.25, 0.3) is 0 Å². The number of hydrazone groups is 1. The molecule has 0 aliphatic rings. The molecule has 2 aromatic rings. The molecule has 2 rings (SSSR count). The Bertz CT molecular complexity index is 837. The molecule has 0 saturated heterocycles. The Hall–Kier alpha value is -1.76. The van der Waals surface area contributed by atoms with E-state index in [1.165, 1.54) is 24.4 Å². The van der Waals surface area contributed by atoms with E-state index in [0.717, 1.165) is 24.2 Å². The zero-order valence-corrected chi connectivity index (χ0v) is 15.9. The van der Waals surface area contributed by atoms with Gasteiger partial charge in [0.25, 0.3) is 10.0 Å². The highest BCUT2D eigenvalue weighted by Crippen LogP contribution is 2.24. The summed E-state index contributed by atoms with van der Waals surface area (Å²) in [5.41, 5.74) is 0.736. The van der Waals surface area contributed by atoms with E-state index in [1.54, 1.807) is 12.1 Å². The third-order valence-corrected chi connectivity index (χ3v) is 5.19. The third kappa shape index (κ3) is 5.92. The SMILES string of the molecule is CCCCOc1ccc(/C=N/NS(=O)(=O)c2ccc(Cl)c(Cl)c2)cc1. The molecule has 0 saturated carbocycles. The highest BCUT2D eigenvalue weighted by Gasteiger charge is 2.14. The maximum atomic E-state index is 12.1. The van der Waals surface area contributed by atoms with Gasteiger partial charge in [-0.1, -0.05) is 36.5 Å². The van der Waals surface area contributed by atoms with Crippen LogP contribution in [-0.2, 0) is 10.0 Å². The quantitative estimate of drug-likeness (QED) is 0.403. The van der Waals surface area contributed by atoms with Crippen molar-refractivity contribution >= 4 is 39.4 Å². The van der Waals surface area contributed by atoms with Crippen LogP contribution in [-0.4, -0.2) is 21.2 Å². The molecule has 0 aromatic heterocycles. The lowest BCUT2D eigenvalue weighted by atomic mass is 10.2. The summed E-state index contributed by atoms with van der Waals surface area (Å²) < 4.78 is 29.8. The van der Waals surface area contributed by atoms with Gasteiger partial charge >= 0.3 is 0 Å². The van der Waals surface area contributed by atoms with Crippen LogP contribution < -0.4 is 9.57 Å². The molecule has 0 aliphatic heterocycles. The van der Waals surface area contributed by atoms with Crippen molar-refractivity contribution in [2.24, 2.45) is 5.10 Å². The molecule has 2 aromatic carbocycles. The molecule has 0 radical (unpaired) electrons. The van der Waals surface area contributed by atoms with Crippen LogP contribution in [0.2, 0.25) is 10.0 Å². The van der Waals surface area contributed by atoms with Crippen LogP contribution in [0.1, 0.15) is 25.3 Å². The number of sulfonamides is 1. The number of hydrogen-bond acceptors (Lipinski definition) is 4. The lowest BCUT2D eigenvalue weighted by molar-refractivity contribution is 0.309. The lowest BCUT2D eigenvalue weighted by Crippen LogP contribution is -2.18. The van der Waals surface area contributed by atoms with Crippen molar-refractivity contribution in [3.8, 4) is 5.75 Å². The summed E-state index contributed by atoms with van der Waals surface area (Å²) in [6.07, 6.45) is 3.48. The van der Waals surface area contributed by atoms with E-state index in [0.29, 0.717) is 6.61 Å². The van der Waals surface area contributed by atoms with Crippen LogP contribution in [0.4, 0.5) is 0 Å². The predicted octanol–water partition coefficient (Wildman–Crippen LogP) is 4.48. The van der Waals surface area contributed by atoms with Gasteiger partial charge in [0, 0.05) is 0 Å². The zero-order chi connectivity index (χ0) is 18.3. The van der Waals surface area contributed by atoms with Crippen LogP contribution in [0.3, 0.4) is 0 Å². The molecule has 0 unspecified atom stereocenters. The van der Waals surface area contributed by atoms with Crippen molar-refractivity contribution < 1.29 is 13.2 Å². The van der Waals surface area contributed by atoms with E-state index in [-0.39, 0.29) is 14.9 Å². The summed E-state index contributed by atoms with van der Waals surface area (Å²) in [6, 6.07) is 11.2. The van der Waals surface area contributed by atoms with E-state index in [9.17, 15) is 8.42 Å². The van der Waals surface area contributed by atoms with Crippen LogP contribution in [0.15, 0.2) is 52.5 Å². The maximum Gasteiger partial charge on any atom is 0.276 e. The summed E-state index contributed by atoms with van der Waals surface area (Å²) >= 11 is 11.6. The smallest absolute Gasteiger partial charge is 0.276 e. The van der Waals surface area contributed by atoms with Crippen molar-refractivity contribution in [3.63, 3.8) is 0 Å². The van der Waals surface area contributed by atoms with Gasteiger partial charge in [0.1, 0.15) is 5.75 Å². The first-order valence-electron chi connectivity index (χ1n) is 7.65. The second-order valence-electron chi connectivity index (χ2n) is 5.20. The van der Waals surface area contributed by atoms with Gasteiger partial charge in [0.2, 0.25) is 0 Å². The third-order valence-electron chi connectivity index (χ3n) is 3.23. The van der Waals surface area contributed by atoms with Crippen molar-refractivity contribution in [3.05, 3.63) is 58.1 Å². The van der Waals surface area contributed by atoms with Crippen molar-refractivity contribution in [2.75, 3.05) is 6.61 Å². The van der Waals surface area contributed by atoms with Crippen molar-refractivity contribution in [1.82, 2.24) is 4.83 Å². The van der Waals surface area contributed by atoms with Gasteiger partial charge < -0.3 is 4.74 Å². The number of hydrogen-bond donors (Lipinski definition) is 1. The summed E-state index contributed by atoms with van der Waals surface area (Å²) in [4.78, 5) is 2.12. The van der Waals surface area contributed by atoms with Gasteiger partial charge in [0.05, 0.1) is 27.8 Å². The largest absolute Gasteiger partial charge is 0.494 e. The Balaban J connectivity index is 1.98. The molecule has 0 aliphatic carbocycles. The molecule has 134 valence electrons. The summed E-state index contributed by atoms with van der Waals surface area (Å²) in [5.74, 6) is 0.766. The molecule has 25 heavy (non-hydrogen) atoms. The van der Waals surface area contributed by atoms with Crippen LogP contribution in [0, 0.1) is 0 Å². The van der Waals surface area contributed by atoms with Crippen molar-refractivity contribution in [1.29, 1.82) is 0 Å². The fourth-order valence-corrected chi connectivity index (χ4v) is 3.03. The van der Waals surface area contributed by atoms with E-state index in [4.69, 9.17) is 27.9 Å². The molecule has 0 bridgehead atoms.